The van der Waals surface area contributed by atoms with E-state index in [0.717, 1.165) is 0 Å². The molecule has 13 nitrogen and oxygen atoms in total. The summed E-state index contributed by atoms with van der Waals surface area (Å²) in [6.45, 7) is 4.30. The smallest absolute Gasteiger partial charge is 0.417 e. The van der Waals surface area contributed by atoms with Crippen LogP contribution in [0.25, 0.3) is 0 Å². The van der Waals surface area contributed by atoms with E-state index in [0.29, 0.717) is 5.56 Å². The van der Waals surface area contributed by atoms with Gasteiger partial charge in [-0.3, -0.25) is 29.3 Å². The van der Waals surface area contributed by atoms with Gasteiger partial charge in [0, 0.05) is 11.3 Å². The van der Waals surface area contributed by atoms with Gasteiger partial charge in [-0.05, 0) is 36.6 Å². The lowest BCUT2D eigenvalue weighted by Gasteiger charge is -2.30. The average Bonchev–Trinajstić information content (AvgIpc) is 2.91. The van der Waals surface area contributed by atoms with Gasteiger partial charge in [0.05, 0.1) is 12.5 Å². The van der Waals surface area contributed by atoms with Crippen molar-refractivity contribution in [2.45, 2.75) is 51.9 Å². The highest BCUT2D eigenvalue weighted by atomic mass is 16.6. The molecule has 5 amide bonds. The minimum Gasteiger partial charge on any atom is -0.481 e. The van der Waals surface area contributed by atoms with E-state index in [9.17, 15) is 33.9 Å². The molecule has 0 aliphatic carbocycles. The first kappa shape index (κ1) is 31.4. The fourth-order valence-corrected chi connectivity index (χ4v) is 3.46. The second kappa shape index (κ2) is 14.4. The molecule has 0 radical (unpaired) electrons. The Hall–Kier alpha value is -4.78. The molecular formula is C27H33N5O8. The summed E-state index contributed by atoms with van der Waals surface area (Å²) in [6.07, 6.45) is -2.42. The van der Waals surface area contributed by atoms with Crippen LogP contribution in [0, 0.1) is 5.92 Å². The minimum atomic E-state index is -2.02. The van der Waals surface area contributed by atoms with E-state index >= 15 is 0 Å². The molecule has 2 aromatic carbocycles. The molecule has 40 heavy (non-hydrogen) atoms. The number of nitrogens with one attached hydrogen (secondary N) is 2. The summed E-state index contributed by atoms with van der Waals surface area (Å²) in [5.41, 5.74) is 12.3. The molecule has 214 valence electrons. The molecule has 0 aliphatic rings. The van der Waals surface area contributed by atoms with Gasteiger partial charge >= 0.3 is 12.1 Å². The van der Waals surface area contributed by atoms with Crippen molar-refractivity contribution in [3.05, 3.63) is 65.7 Å². The number of benzene rings is 2. The Morgan fingerprint density at radius 3 is 2.17 bits per heavy atom. The number of hydrogen-bond acceptors (Lipinski definition) is 9. The Morgan fingerprint density at radius 1 is 0.950 bits per heavy atom. The number of nitrogens with zero attached hydrogens (tertiary/aromatic N) is 1. The third-order valence-corrected chi connectivity index (χ3v) is 5.76. The van der Waals surface area contributed by atoms with Crippen LogP contribution in [0.4, 0.5) is 10.5 Å². The largest absolute Gasteiger partial charge is 0.481 e. The number of anilines is 1. The van der Waals surface area contributed by atoms with Crippen molar-refractivity contribution >= 4 is 41.4 Å². The van der Waals surface area contributed by atoms with Gasteiger partial charge < -0.3 is 26.6 Å². The Balaban J connectivity index is 2.39. The molecule has 0 heterocycles. The predicted molar refractivity (Wildman–Crippen MR) is 143 cm³/mol. The number of carbonyl (C=O) groups is 6. The molecule has 0 saturated carbocycles. The number of ether oxygens (including phenoxy) is 1. The highest BCUT2D eigenvalue weighted by Crippen LogP contribution is 2.14. The zero-order chi connectivity index (χ0) is 30.0. The SMILES string of the molecule is CC(C)[C@H](N)C(=O)N[C@@H](C)C(=O)N(C(=O)OCc1ccccc1)[C@@H](CC(=O)O)C(=O)NC(=O)c1cccc(N)c1. The van der Waals surface area contributed by atoms with Crippen molar-refractivity contribution in [2.75, 3.05) is 5.73 Å². The van der Waals surface area contributed by atoms with Gasteiger partial charge in [-0.15, -0.1) is 0 Å². The van der Waals surface area contributed by atoms with Crippen molar-refractivity contribution in [2.24, 2.45) is 11.7 Å². The molecule has 2 aromatic rings. The third kappa shape index (κ3) is 8.91. The number of hydrogen-bond donors (Lipinski definition) is 5. The van der Waals surface area contributed by atoms with E-state index in [-0.39, 0.29) is 28.7 Å². The fourth-order valence-electron chi connectivity index (χ4n) is 3.46. The summed E-state index contributed by atoms with van der Waals surface area (Å²) in [6, 6.07) is 9.57. The standard InChI is InChI=1S/C27H33N5O8/c1-15(2)22(29)25(37)30-16(3)26(38)32(27(39)40-14-17-8-5-4-6-9-17)20(13-21(33)34)24(36)31-23(35)18-10-7-11-19(28)12-18/h4-12,15-16,20,22H,13-14,28-29H2,1-3H3,(H,30,37)(H,33,34)(H,31,35,36)/t16-,20-,22-/m0/s1. The summed E-state index contributed by atoms with van der Waals surface area (Å²) >= 11 is 0. The maximum atomic E-state index is 13.4. The summed E-state index contributed by atoms with van der Waals surface area (Å²) in [7, 11) is 0. The molecule has 0 unspecified atom stereocenters. The second-order valence-corrected chi connectivity index (χ2v) is 9.31. The number of imide groups is 2. The Bertz CT molecular complexity index is 1250. The van der Waals surface area contributed by atoms with Crippen LogP contribution in [0.1, 0.15) is 43.1 Å². The number of carboxylic acids is 1. The number of aliphatic carboxylic acids is 1. The van der Waals surface area contributed by atoms with Gasteiger partial charge in [0.25, 0.3) is 17.7 Å². The molecule has 2 rings (SSSR count). The van der Waals surface area contributed by atoms with Gasteiger partial charge in [0.1, 0.15) is 18.7 Å². The van der Waals surface area contributed by atoms with E-state index in [2.05, 4.69) is 5.32 Å². The lowest BCUT2D eigenvalue weighted by Crippen LogP contribution is -2.59. The first-order valence-electron chi connectivity index (χ1n) is 12.3. The monoisotopic (exact) mass is 555 g/mol. The van der Waals surface area contributed by atoms with E-state index in [1.165, 1.54) is 31.2 Å². The number of nitrogen functional groups attached to an aromatic ring is 1. The Labute approximate surface area is 230 Å². The summed E-state index contributed by atoms with van der Waals surface area (Å²) < 4.78 is 5.22. The summed E-state index contributed by atoms with van der Waals surface area (Å²) in [5.74, 6) is -5.90. The highest BCUT2D eigenvalue weighted by molar-refractivity contribution is 6.09. The van der Waals surface area contributed by atoms with Crippen molar-refractivity contribution in [3.8, 4) is 0 Å². The summed E-state index contributed by atoms with van der Waals surface area (Å²) in [5, 5.41) is 13.9. The molecule has 13 heteroatoms. The maximum absolute atomic E-state index is 13.4. The van der Waals surface area contributed by atoms with E-state index < -0.39 is 60.2 Å². The van der Waals surface area contributed by atoms with Gasteiger partial charge in [-0.1, -0.05) is 50.2 Å². The van der Waals surface area contributed by atoms with Crippen LogP contribution in [0.5, 0.6) is 0 Å². The Kier molecular flexibility index (Phi) is 11.3. The molecule has 7 N–H and O–H groups in total. The van der Waals surface area contributed by atoms with Crippen LogP contribution in [0.2, 0.25) is 0 Å². The fraction of sp³-hybridized carbons (Fsp3) is 0.333. The average molecular weight is 556 g/mol. The van der Waals surface area contributed by atoms with Gasteiger partial charge in [0.2, 0.25) is 5.91 Å². The number of amides is 5. The normalized spacial score (nSPS) is 12.9. The highest BCUT2D eigenvalue weighted by Gasteiger charge is 2.40. The third-order valence-electron chi connectivity index (χ3n) is 5.76. The van der Waals surface area contributed by atoms with E-state index in [4.69, 9.17) is 16.2 Å². The van der Waals surface area contributed by atoms with Crippen LogP contribution in [-0.2, 0) is 30.5 Å². The van der Waals surface area contributed by atoms with Crippen LogP contribution in [-0.4, -0.2) is 63.8 Å². The van der Waals surface area contributed by atoms with Gasteiger partial charge in [-0.2, -0.15) is 0 Å². The lowest BCUT2D eigenvalue weighted by atomic mass is 10.0. The second-order valence-electron chi connectivity index (χ2n) is 9.31. The minimum absolute atomic E-state index is 0.0183. The number of nitrogens with two attached hydrogens (primary N) is 2. The van der Waals surface area contributed by atoms with Gasteiger partial charge in [-0.25, -0.2) is 9.69 Å². The number of rotatable bonds is 11. The molecule has 0 aromatic heterocycles. The topological polar surface area (TPSA) is 211 Å². The van der Waals surface area contributed by atoms with Crippen LogP contribution >= 0.6 is 0 Å². The maximum Gasteiger partial charge on any atom is 0.417 e. The van der Waals surface area contributed by atoms with Crippen molar-refractivity contribution in [3.63, 3.8) is 0 Å². The molecule has 0 fully saturated rings. The number of carboxylic acid groups (broad SMARTS) is 1. The van der Waals surface area contributed by atoms with E-state index in [1.54, 1.807) is 44.2 Å². The number of carbonyl (C=O) groups excluding carboxylic acids is 5. The quantitative estimate of drug-likeness (QED) is 0.248. The molecule has 0 aliphatic heterocycles. The molecule has 3 atom stereocenters. The van der Waals surface area contributed by atoms with Crippen LogP contribution < -0.4 is 22.1 Å². The predicted octanol–water partition coefficient (Wildman–Crippen LogP) is 1.02. The van der Waals surface area contributed by atoms with Crippen molar-refractivity contribution in [1.29, 1.82) is 0 Å². The van der Waals surface area contributed by atoms with Crippen molar-refractivity contribution in [1.82, 2.24) is 15.5 Å². The molecule has 0 spiro atoms. The first-order valence-corrected chi connectivity index (χ1v) is 12.3. The van der Waals surface area contributed by atoms with Gasteiger partial charge in [0.15, 0.2) is 0 Å². The van der Waals surface area contributed by atoms with Crippen LogP contribution in [0.15, 0.2) is 54.6 Å². The van der Waals surface area contributed by atoms with E-state index in [1.807, 2.05) is 5.32 Å². The zero-order valence-corrected chi connectivity index (χ0v) is 22.3. The lowest BCUT2D eigenvalue weighted by molar-refractivity contribution is -0.146. The van der Waals surface area contributed by atoms with Crippen molar-refractivity contribution < 1.29 is 38.6 Å². The molecular weight excluding hydrogens is 522 g/mol. The molecule has 0 saturated heterocycles. The summed E-state index contributed by atoms with van der Waals surface area (Å²) in [4.78, 5) is 76.9. The Morgan fingerprint density at radius 2 is 1.60 bits per heavy atom. The zero-order valence-electron chi connectivity index (χ0n) is 22.3. The molecule has 0 bridgehead atoms. The van der Waals surface area contributed by atoms with Crippen LogP contribution in [0.3, 0.4) is 0 Å². The first-order chi connectivity index (χ1) is 18.8.